The van der Waals surface area contributed by atoms with Crippen molar-refractivity contribution in [3.8, 4) is 11.7 Å². The first-order chi connectivity index (χ1) is 14.2. The van der Waals surface area contributed by atoms with E-state index in [9.17, 15) is 4.79 Å². The quantitative estimate of drug-likeness (QED) is 0.442. The lowest BCUT2D eigenvalue weighted by molar-refractivity contribution is 0.0916. The number of imidazole rings is 1. The van der Waals surface area contributed by atoms with E-state index in [1.807, 2.05) is 30.3 Å². The molecule has 4 aromatic rings. The Hall–Kier alpha value is -3.25. The summed E-state index contributed by atoms with van der Waals surface area (Å²) in [7, 11) is 0. The molecule has 0 atom stereocenters. The Balaban J connectivity index is 1.45. The second kappa shape index (κ2) is 8.41. The Labute approximate surface area is 173 Å². The third-order valence-corrected chi connectivity index (χ3v) is 4.75. The van der Waals surface area contributed by atoms with Gasteiger partial charge in [-0.2, -0.15) is 0 Å². The van der Waals surface area contributed by atoms with Crippen LogP contribution < -0.4 is 10.1 Å². The van der Waals surface area contributed by atoms with E-state index in [0.29, 0.717) is 17.3 Å². The molecular weight excluding hydrogens is 390 g/mol. The van der Waals surface area contributed by atoms with Gasteiger partial charge in [-0.1, -0.05) is 42.8 Å². The summed E-state index contributed by atoms with van der Waals surface area (Å²) >= 11 is 6.08. The summed E-state index contributed by atoms with van der Waals surface area (Å²) in [5.74, 6) is 1.28. The predicted octanol–water partition coefficient (Wildman–Crippen LogP) is 5.42. The third kappa shape index (κ3) is 4.12. The predicted molar refractivity (Wildman–Crippen MR) is 111 cm³/mol. The molecule has 0 saturated carbocycles. The summed E-state index contributed by atoms with van der Waals surface area (Å²) in [6.45, 7) is 3.25. The van der Waals surface area contributed by atoms with E-state index in [2.05, 4.69) is 21.8 Å². The number of carbonyl (C=O) groups excluding carboxylic acids is 1. The number of aromatic nitrogens is 2. The summed E-state index contributed by atoms with van der Waals surface area (Å²) in [5.41, 5.74) is 1.98. The van der Waals surface area contributed by atoms with Gasteiger partial charge in [0.05, 0.1) is 22.6 Å². The fraction of sp³-hybridized carbons (Fsp3) is 0.182. The van der Waals surface area contributed by atoms with Crippen molar-refractivity contribution in [2.45, 2.75) is 26.4 Å². The fourth-order valence-electron chi connectivity index (χ4n) is 3.11. The maximum Gasteiger partial charge on any atom is 0.290 e. The van der Waals surface area contributed by atoms with E-state index in [-0.39, 0.29) is 17.6 Å². The number of halogens is 1. The third-order valence-electron chi connectivity index (χ3n) is 4.44. The Morgan fingerprint density at radius 3 is 2.76 bits per heavy atom. The molecule has 2 aromatic carbocycles. The number of fused-ring (bicyclic) bond motifs is 1. The Kier molecular flexibility index (Phi) is 5.53. The van der Waals surface area contributed by atoms with Crippen LogP contribution in [0.4, 0.5) is 0 Å². The van der Waals surface area contributed by atoms with Crippen LogP contribution in [0.25, 0.3) is 11.0 Å². The van der Waals surface area contributed by atoms with Crippen molar-refractivity contribution in [2.24, 2.45) is 0 Å². The summed E-state index contributed by atoms with van der Waals surface area (Å²) < 4.78 is 13.2. The van der Waals surface area contributed by atoms with E-state index < -0.39 is 0 Å². The highest BCUT2D eigenvalue weighted by Crippen LogP contribution is 2.29. The molecule has 2 aromatic heterocycles. The van der Waals surface area contributed by atoms with E-state index in [1.165, 1.54) is 0 Å². The second-order valence-corrected chi connectivity index (χ2v) is 6.91. The zero-order valence-corrected chi connectivity index (χ0v) is 16.6. The monoisotopic (exact) mass is 409 g/mol. The SMILES string of the molecule is CCCn1c(CNC(=O)c2ccc(Oc3ccccc3Cl)o2)nc2ccccc21. The molecule has 0 spiro atoms. The highest BCUT2D eigenvalue weighted by molar-refractivity contribution is 6.32. The molecular formula is C22H20ClN3O3. The number of benzene rings is 2. The van der Waals surface area contributed by atoms with Gasteiger partial charge in [0.25, 0.3) is 11.9 Å². The van der Waals surface area contributed by atoms with E-state index >= 15 is 0 Å². The van der Waals surface area contributed by atoms with Gasteiger partial charge in [-0.15, -0.1) is 0 Å². The largest absolute Gasteiger partial charge is 0.424 e. The van der Waals surface area contributed by atoms with Crippen LogP contribution in [-0.2, 0) is 13.1 Å². The van der Waals surface area contributed by atoms with Crippen LogP contribution in [0.3, 0.4) is 0 Å². The molecule has 0 fully saturated rings. The molecule has 0 aliphatic heterocycles. The number of hydrogen-bond acceptors (Lipinski definition) is 4. The van der Waals surface area contributed by atoms with Crippen LogP contribution in [-0.4, -0.2) is 15.5 Å². The average Bonchev–Trinajstić information content (AvgIpc) is 3.33. The number of amides is 1. The van der Waals surface area contributed by atoms with E-state index in [1.54, 1.807) is 30.3 Å². The molecule has 0 unspecified atom stereocenters. The molecule has 0 saturated heterocycles. The number of ether oxygens (including phenoxy) is 1. The molecule has 4 rings (SSSR count). The Morgan fingerprint density at radius 2 is 1.93 bits per heavy atom. The van der Waals surface area contributed by atoms with Crippen LogP contribution >= 0.6 is 11.6 Å². The van der Waals surface area contributed by atoms with Crippen LogP contribution in [0.15, 0.2) is 65.1 Å². The number of rotatable bonds is 7. The lowest BCUT2D eigenvalue weighted by Crippen LogP contribution is -2.24. The molecule has 0 bridgehead atoms. The van der Waals surface area contributed by atoms with Gasteiger partial charge in [0.2, 0.25) is 0 Å². The van der Waals surface area contributed by atoms with Gasteiger partial charge >= 0.3 is 0 Å². The van der Waals surface area contributed by atoms with E-state index in [4.69, 9.17) is 20.8 Å². The van der Waals surface area contributed by atoms with E-state index in [0.717, 1.165) is 29.8 Å². The smallest absolute Gasteiger partial charge is 0.290 e. The highest BCUT2D eigenvalue weighted by atomic mass is 35.5. The van der Waals surface area contributed by atoms with Crippen molar-refractivity contribution in [2.75, 3.05) is 0 Å². The van der Waals surface area contributed by atoms with Gasteiger partial charge in [0.1, 0.15) is 11.6 Å². The fourth-order valence-corrected chi connectivity index (χ4v) is 3.29. The van der Waals surface area contributed by atoms with Gasteiger partial charge in [-0.25, -0.2) is 4.98 Å². The summed E-state index contributed by atoms with van der Waals surface area (Å²) in [5, 5.41) is 3.33. The number of hydrogen-bond donors (Lipinski definition) is 1. The number of nitrogens with zero attached hydrogens (tertiary/aromatic N) is 2. The van der Waals surface area contributed by atoms with Gasteiger partial charge in [0.15, 0.2) is 5.76 Å². The van der Waals surface area contributed by atoms with Crippen molar-refractivity contribution in [1.29, 1.82) is 0 Å². The normalized spacial score (nSPS) is 11.0. The maximum atomic E-state index is 12.5. The lowest BCUT2D eigenvalue weighted by Gasteiger charge is -2.08. The lowest BCUT2D eigenvalue weighted by atomic mass is 10.3. The van der Waals surface area contributed by atoms with Crippen molar-refractivity contribution in [3.63, 3.8) is 0 Å². The Bertz CT molecular complexity index is 1150. The van der Waals surface area contributed by atoms with Crippen LogP contribution in [0.2, 0.25) is 5.02 Å². The molecule has 7 heteroatoms. The standard InChI is InChI=1S/C22H20ClN3O3/c1-2-13-26-17-9-5-4-8-16(17)25-20(26)14-24-22(27)19-11-12-21(29-19)28-18-10-6-3-7-15(18)23/h3-12H,2,13-14H2,1H3,(H,24,27). The number of furan rings is 1. The minimum atomic E-state index is -0.339. The summed E-state index contributed by atoms with van der Waals surface area (Å²) in [6.07, 6.45) is 0.974. The number of nitrogens with one attached hydrogen (secondary N) is 1. The topological polar surface area (TPSA) is 69.3 Å². The molecule has 6 nitrogen and oxygen atoms in total. The average molecular weight is 410 g/mol. The first kappa shape index (κ1) is 19.1. The minimum Gasteiger partial charge on any atom is -0.424 e. The van der Waals surface area contributed by atoms with Crippen molar-refractivity contribution in [1.82, 2.24) is 14.9 Å². The zero-order valence-electron chi connectivity index (χ0n) is 15.9. The number of para-hydroxylation sites is 3. The molecule has 1 amide bonds. The highest BCUT2D eigenvalue weighted by Gasteiger charge is 2.15. The molecule has 29 heavy (non-hydrogen) atoms. The first-order valence-corrected chi connectivity index (χ1v) is 9.78. The summed E-state index contributed by atoms with van der Waals surface area (Å²) in [6, 6.07) is 18.2. The second-order valence-electron chi connectivity index (χ2n) is 6.50. The van der Waals surface area contributed by atoms with Crippen LogP contribution in [0.1, 0.15) is 29.7 Å². The maximum absolute atomic E-state index is 12.5. The molecule has 2 heterocycles. The molecule has 0 aliphatic rings. The first-order valence-electron chi connectivity index (χ1n) is 9.40. The summed E-state index contributed by atoms with van der Waals surface area (Å²) in [4.78, 5) is 17.2. The van der Waals surface area contributed by atoms with Crippen LogP contribution in [0, 0.1) is 0 Å². The Morgan fingerprint density at radius 1 is 1.14 bits per heavy atom. The molecule has 148 valence electrons. The van der Waals surface area contributed by atoms with Gasteiger partial charge < -0.3 is 19.0 Å². The minimum absolute atomic E-state index is 0.158. The van der Waals surface area contributed by atoms with Crippen molar-refractivity contribution < 1.29 is 13.9 Å². The number of aryl methyl sites for hydroxylation is 1. The zero-order chi connectivity index (χ0) is 20.2. The molecule has 1 N–H and O–H groups in total. The van der Waals surface area contributed by atoms with Gasteiger partial charge in [-0.3, -0.25) is 4.79 Å². The van der Waals surface area contributed by atoms with Crippen molar-refractivity contribution >= 4 is 28.5 Å². The van der Waals surface area contributed by atoms with Gasteiger partial charge in [0, 0.05) is 12.6 Å². The van der Waals surface area contributed by atoms with Crippen LogP contribution in [0.5, 0.6) is 11.7 Å². The molecule has 0 aliphatic carbocycles. The van der Waals surface area contributed by atoms with Crippen molar-refractivity contribution in [3.05, 3.63) is 77.3 Å². The number of carbonyl (C=O) groups is 1. The molecule has 0 radical (unpaired) electrons. The van der Waals surface area contributed by atoms with Gasteiger partial charge in [-0.05, 0) is 36.8 Å².